The van der Waals surface area contributed by atoms with Crippen LogP contribution in [0.25, 0.3) is 0 Å². The van der Waals surface area contributed by atoms with Crippen molar-refractivity contribution >= 4 is 108 Å². The van der Waals surface area contributed by atoms with E-state index in [1.165, 1.54) is 0 Å². The maximum Gasteiger partial charge on any atom is 0.266 e. The molecule has 0 amide bonds. The Hall–Kier alpha value is -9.92. The quantitative estimate of drug-likeness (QED) is 0.133. The number of benzene rings is 11. The van der Waals surface area contributed by atoms with E-state index in [0.29, 0.717) is 0 Å². The molecule has 0 N–H and O–H groups in total. The van der Waals surface area contributed by atoms with E-state index in [1.54, 1.807) is 0 Å². The second kappa shape index (κ2) is 16.9. The molecule has 0 atom stereocenters. The van der Waals surface area contributed by atoms with Gasteiger partial charge in [-0.05, 0) is 132 Å². The van der Waals surface area contributed by atoms with Crippen molar-refractivity contribution in [3.05, 3.63) is 267 Å². The molecule has 8 heteroatoms. The number of fused-ring (bicyclic) bond motifs is 2. The fraction of sp³-hybridized carbons (Fsp3) is 0. The first kappa shape index (κ1) is 41.8. The molecule has 7 nitrogen and oxygen atoms in total. The minimum atomic E-state index is -0.250. The Morgan fingerprint density at radius 3 is 1.03 bits per heavy atom. The average molecular weight is 950 g/mol. The lowest BCUT2D eigenvalue weighted by Gasteiger charge is -2.45. The van der Waals surface area contributed by atoms with Gasteiger partial charge in [0.2, 0.25) is 0 Å². The van der Waals surface area contributed by atoms with Crippen LogP contribution >= 0.6 is 0 Å². The number of anilines is 15. The van der Waals surface area contributed by atoms with Crippen molar-refractivity contribution in [1.29, 1.82) is 0 Å². The summed E-state index contributed by atoms with van der Waals surface area (Å²) < 4.78 is 15.1. The largest absolute Gasteiger partial charge is 0.458 e. The van der Waals surface area contributed by atoms with Crippen LogP contribution in [-0.2, 0) is 0 Å². The molecule has 4 aliphatic heterocycles. The number of para-hydroxylation sites is 10. The van der Waals surface area contributed by atoms with Gasteiger partial charge in [0.25, 0.3) is 6.71 Å². The van der Waals surface area contributed by atoms with Crippen molar-refractivity contribution in [1.82, 2.24) is 0 Å². The van der Waals surface area contributed by atoms with E-state index in [0.717, 1.165) is 125 Å². The molecule has 0 unspecified atom stereocenters. The van der Waals surface area contributed by atoms with Crippen molar-refractivity contribution in [3.8, 4) is 23.0 Å². The molecule has 0 radical (unpaired) electrons. The number of rotatable bonds is 9. The lowest BCUT2D eigenvalue weighted by atomic mass is 9.33. The van der Waals surface area contributed by atoms with Gasteiger partial charge in [0.1, 0.15) is 23.0 Å². The Balaban J connectivity index is 1.02. The summed E-state index contributed by atoms with van der Waals surface area (Å²) in [4.78, 5) is 11.8. The molecule has 0 fully saturated rings. The van der Waals surface area contributed by atoms with Crippen LogP contribution < -0.4 is 50.4 Å². The molecule has 0 bridgehead atoms. The Morgan fingerprint density at radius 2 is 0.608 bits per heavy atom. The second-order valence-electron chi connectivity index (χ2n) is 18.9. The van der Waals surface area contributed by atoms with Gasteiger partial charge in [0.15, 0.2) is 0 Å². The van der Waals surface area contributed by atoms with E-state index in [2.05, 4.69) is 291 Å². The van der Waals surface area contributed by atoms with Crippen molar-refractivity contribution in [2.75, 3.05) is 24.5 Å². The molecule has 0 spiro atoms. The molecule has 348 valence electrons. The van der Waals surface area contributed by atoms with E-state index < -0.39 is 0 Å². The minimum absolute atomic E-state index is 0.250. The first-order valence-electron chi connectivity index (χ1n) is 25.1. The molecular weight excluding hydrogens is 906 g/mol. The summed E-state index contributed by atoms with van der Waals surface area (Å²) in [5.74, 6) is 3.12. The summed E-state index contributed by atoms with van der Waals surface area (Å²) in [5.41, 5.74) is 18.6. The van der Waals surface area contributed by atoms with E-state index in [-0.39, 0.29) is 6.71 Å². The predicted molar refractivity (Wildman–Crippen MR) is 305 cm³/mol. The lowest BCUT2D eigenvalue weighted by molar-refractivity contribution is 0.465. The zero-order valence-corrected chi connectivity index (χ0v) is 40.0. The zero-order chi connectivity index (χ0) is 48.7. The number of nitrogens with zero attached hydrogens (tertiary/aromatic N) is 5. The zero-order valence-electron chi connectivity index (χ0n) is 40.0. The van der Waals surface area contributed by atoms with Gasteiger partial charge >= 0.3 is 0 Å². The van der Waals surface area contributed by atoms with Gasteiger partial charge in [-0.25, -0.2) is 0 Å². The SMILES string of the molecule is c1ccc(N(c2ccccc2)c2cc3c4c(c2)N(c2ccccc2)c2cc(N(c5ccccc5)c5ccccc5)cc5c2B4c2c(ccc(N4c6ccccc6N(c6ccccc6)c6ccccc64)c2O5)O3)cc1. The summed E-state index contributed by atoms with van der Waals surface area (Å²) in [6.45, 7) is -0.250. The lowest BCUT2D eigenvalue weighted by Crippen LogP contribution is -2.61. The molecule has 11 aromatic carbocycles. The van der Waals surface area contributed by atoms with Crippen LogP contribution in [0.15, 0.2) is 267 Å². The van der Waals surface area contributed by atoms with Gasteiger partial charge in [-0.15, -0.1) is 0 Å². The van der Waals surface area contributed by atoms with E-state index >= 15 is 0 Å². The molecule has 4 heterocycles. The highest BCUT2D eigenvalue weighted by molar-refractivity contribution is 7.00. The molecule has 0 saturated heterocycles. The fourth-order valence-electron chi connectivity index (χ4n) is 11.7. The molecule has 0 aliphatic carbocycles. The number of ether oxygens (including phenoxy) is 2. The summed E-state index contributed by atoms with van der Waals surface area (Å²) in [6, 6.07) is 94.7. The molecule has 4 aliphatic rings. The van der Waals surface area contributed by atoms with Crippen LogP contribution in [0.5, 0.6) is 23.0 Å². The molecule has 0 saturated carbocycles. The van der Waals surface area contributed by atoms with Gasteiger partial charge in [-0.3, -0.25) is 0 Å². The number of hydrogen-bond acceptors (Lipinski definition) is 7. The third-order valence-corrected chi connectivity index (χ3v) is 14.7. The van der Waals surface area contributed by atoms with Crippen molar-refractivity contribution in [3.63, 3.8) is 0 Å². The summed E-state index contributed by atoms with van der Waals surface area (Å²) in [7, 11) is 0. The number of hydrogen-bond donors (Lipinski definition) is 0. The Kier molecular flexibility index (Phi) is 9.53. The van der Waals surface area contributed by atoms with Crippen LogP contribution in [0, 0.1) is 0 Å². The molecular formula is C66H44BN5O2. The third kappa shape index (κ3) is 6.48. The smallest absolute Gasteiger partial charge is 0.266 e. The Labute approximate surface area is 430 Å². The van der Waals surface area contributed by atoms with Crippen LogP contribution in [0.1, 0.15) is 0 Å². The van der Waals surface area contributed by atoms with Gasteiger partial charge < -0.3 is 34.0 Å². The van der Waals surface area contributed by atoms with Crippen LogP contribution in [0.3, 0.4) is 0 Å². The topological polar surface area (TPSA) is 34.7 Å². The minimum Gasteiger partial charge on any atom is -0.458 e. The maximum atomic E-state index is 7.70. The monoisotopic (exact) mass is 949 g/mol. The summed E-state index contributed by atoms with van der Waals surface area (Å²) >= 11 is 0. The van der Waals surface area contributed by atoms with Crippen LogP contribution in [0.4, 0.5) is 85.3 Å². The molecule has 74 heavy (non-hydrogen) atoms. The normalized spacial score (nSPS) is 13.0. The van der Waals surface area contributed by atoms with Crippen molar-refractivity contribution < 1.29 is 9.47 Å². The van der Waals surface area contributed by atoms with Gasteiger partial charge in [0.05, 0.1) is 39.8 Å². The fourth-order valence-corrected chi connectivity index (χ4v) is 11.7. The molecule has 0 aromatic heterocycles. The van der Waals surface area contributed by atoms with Crippen LogP contribution in [0.2, 0.25) is 0 Å². The van der Waals surface area contributed by atoms with E-state index in [1.807, 2.05) is 0 Å². The highest BCUT2D eigenvalue weighted by Crippen LogP contribution is 2.58. The van der Waals surface area contributed by atoms with Crippen LogP contribution in [-0.4, -0.2) is 6.71 Å². The Bertz CT molecular complexity index is 3800. The second-order valence-corrected chi connectivity index (χ2v) is 18.9. The van der Waals surface area contributed by atoms with Crippen molar-refractivity contribution in [2.45, 2.75) is 0 Å². The summed E-state index contributed by atoms with van der Waals surface area (Å²) in [5, 5.41) is 0. The first-order chi connectivity index (χ1) is 36.7. The van der Waals surface area contributed by atoms with Gasteiger partial charge in [-0.1, -0.05) is 133 Å². The van der Waals surface area contributed by atoms with E-state index in [4.69, 9.17) is 9.47 Å². The third-order valence-electron chi connectivity index (χ3n) is 14.7. The van der Waals surface area contributed by atoms with Gasteiger partial charge in [-0.2, -0.15) is 0 Å². The molecule has 11 aromatic rings. The standard InChI is InChI=1S/C66H44BN5O2/c1-7-23-45(24-8-1)68(46-25-9-2-10-26-46)51-41-58-63-61(43-51)73-60-40-39-57(72-55-37-21-19-35-53(55)70(49-31-15-5-16-32-49)54-36-20-22-38-56(54)72)66-65(60)67(63)64-59(71(58)50-33-17-6-18-34-50)42-52(44-62(64)74-66)69(47-27-11-3-12-28-47)48-29-13-4-14-30-48/h1-44H. The van der Waals surface area contributed by atoms with Crippen molar-refractivity contribution in [2.24, 2.45) is 0 Å². The average Bonchev–Trinajstić information content (AvgIpc) is 3.52. The highest BCUT2D eigenvalue weighted by atomic mass is 16.5. The first-order valence-corrected chi connectivity index (χ1v) is 25.1. The highest BCUT2D eigenvalue weighted by Gasteiger charge is 2.50. The molecule has 15 rings (SSSR count). The maximum absolute atomic E-state index is 7.70. The predicted octanol–water partition coefficient (Wildman–Crippen LogP) is 16.4. The Morgan fingerprint density at radius 1 is 0.257 bits per heavy atom. The summed E-state index contributed by atoms with van der Waals surface area (Å²) in [6.07, 6.45) is 0. The van der Waals surface area contributed by atoms with Gasteiger partial charge in [0, 0.05) is 63.1 Å². The van der Waals surface area contributed by atoms with E-state index in [9.17, 15) is 0 Å².